The summed E-state index contributed by atoms with van der Waals surface area (Å²) in [5.74, 6) is 0.332. The molecular formula is C12H15Cl2NO. The van der Waals surface area contributed by atoms with Crippen LogP contribution in [0.1, 0.15) is 24.9 Å². The molecule has 4 heteroatoms. The Hall–Kier alpha value is -0.280. The van der Waals surface area contributed by atoms with Gasteiger partial charge in [0.05, 0.1) is 6.10 Å². The highest BCUT2D eigenvalue weighted by Gasteiger charge is 2.31. The first-order valence-corrected chi connectivity index (χ1v) is 6.17. The van der Waals surface area contributed by atoms with Crippen molar-refractivity contribution in [3.05, 3.63) is 33.8 Å². The molecule has 2 N–H and O–H groups in total. The Morgan fingerprint density at radius 1 is 1.44 bits per heavy atom. The Kier molecular flexibility index (Phi) is 3.75. The standard InChI is InChI=1S/C12H15Cl2NO/c1-7-9(4-5-16-7)12(15)10-3-2-8(13)6-11(10)14/h2-3,6-7,9,12H,4-5,15H2,1H3. The molecule has 1 aromatic rings. The maximum absolute atomic E-state index is 6.23. The number of rotatable bonds is 2. The smallest absolute Gasteiger partial charge is 0.0594 e. The molecule has 0 aliphatic carbocycles. The van der Waals surface area contributed by atoms with Gasteiger partial charge in [-0.25, -0.2) is 0 Å². The molecule has 0 amide bonds. The molecule has 2 nitrogen and oxygen atoms in total. The molecule has 1 heterocycles. The van der Waals surface area contributed by atoms with E-state index in [1.54, 1.807) is 6.07 Å². The minimum absolute atomic E-state index is 0.0812. The number of halogens is 2. The van der Waals surface area contributed by atoms with Crippen molar-refractivity contribution in [1.29, 1.82) is 0 Å². The summed E-state index contributed by atoms with van der Waals surface area (Å²) in [7, 11) is 0. The number of hydrogen-bond donors (Lipinski definition) is 1. The lowest BCUT2D eigenvalue weighted by molar-refractivity contribution is 0.0995. The molecule has 1 aliphatic heterocycles. The predicted molar refractivity (Wildman–Crippen MR) is 66.9 cm³/mol. The predicted octanol–water partition coefficient (Wildman–Crippen LogP) is 3.42. The summed E-state index contributed by atoms with van der Waals surface area (Å²) in [6.07, 6.45) is 1.18. The van der Waals surface area contributed by atoms with Crippen molar-refractivity contribution in [3.8, 4) is 0 Å². The molecule has 3 atom stereocenters. The molecule has 1 aliphatic rings. The van der Waals surface area contributed by atoms with E-state index < -0.39 is 0 Å². The Morgan fingerprint density at radius 3 is 2.75 bits per heavy atom. The fourth-order valence-corrected chi connectivity index (χ4v) is 2.76. The third-order valence-electron chi connectivity index (χ3n) is 3.22. The summed E-state index contributed by atoms with van der Waals surface area (Å²) < 4.78 is 5.52. The van der Waals surface area contributed by atoms with Gasteiger partial charge in [0.2, 0.25) is 0 Å². The minimum atomic E-state index is -0.0812. The highest BCUT2D eigenvalue weighted by Crippen LogP contribution is 2.35. The molecule has 0 radical (unpaired) electrons. The number of hydrogen-bond acceptors (Lipinski definition) is 2. The van der Waals surface area contributed by atoms with Crippen molar-refractivity contribution in [3.63, 3.8) is 0 Å². The van der Waals surface area contributed by atoms with Crippen LogP contribution in [0.2, 0.25) is 10.0 Å². The normalized spacial score (nSPS) is 27.0. The van der Waals surface area contributed by atoms with Crippen molar-refractivity contribution >= 4 is 23.2 Å². The average Bonchev–Trinajstić information content (AvgIpc) is 2.63. The minimum Gasteiger partial charge on any atom is -0.378 e. The first kappa shape index (κ1) is 12.2. The van der Waals surface area contributed by atoms with Gasteiger partial charge in [0, 0.05) is 28.6 Å². The fraction of sp³-hybridized carbons (Fsp3) is 0.500. The molecule has 0 saturated carbocycles. The monoisotopic (exact) mass is 259 g/mol. The van der Waals surface area contributed by atoms with Crippen LogP contribution in [0.3, 0.4) is 0 Å². The number of nitrogens with two attached hydrogens (primary N) is 1. The maximum atomic E-state index is 6.23. The van der Waals surface area contributed by atoms with E-state index >= 15 is 0 Å². The molecular weight excluding hydrogens is 245 g/mol. The van der Waals surface area contributed by atoms with Gasteiger partial charge in [-0.05, 0) is 31.0 Å². The lowest BCUT2D eigenvalue weighted by atomic mass is 9.89. The topological polar surface area (TPSA) is 35.2 Å². The Bertz CT molecular complexity index is 383. The van der Waals surface area contributed by atoms with E-state index in [1.165, 1.54) is 0 Å². The largest absolute Gasteiger partial charge is 0.378 e. The van der Waals surface area contributed by atoms with E-state index in [9.17, 15) is 0 Å². The van der Waals surface area contributed by atoms with Crippen LogP contribution in [0.15, 0.2) is 18.2 Å². The van der Waals surface area contributed by atoms with Gasteiger partial charge in [-0.1, -0.05) is 29.3 Å². The van der Waals surface area contributed by atoms with Gasteiger partial charge >= 0.3 is 0 Å². The summed E-state index contributed by atoms with van der Waals surface area (Å²) in [6, 6.07) is 5.38. The van der Waals surface area contributed by atoms with Gasteiger partial charge in [-0.3, -0.25) is 0 Å². The first-order valence-electron chi connectivity index (χ1n) is 5.41. The summed E-state index contributed by atoms with van der Waals surface area (Å²) in [5.41, 5.74) is 7.19. The molecule has 2 rings (SSSR count). The van der Waals surface area contributed by atoms with E-state index in [2.05, 4.69) is 6.92 Å². The van der Waals surface area contributed by atoms with Gasteiger partial charge in [-0.2, -0.15) is 0 Å². The molecule has 0 aromatic heterocycles. The first-order chi connectivity index (χ1) is 7.59. The van der Waals surface area contributed by atoms with Crippen molar-refractivity contribution in [2.45, 2.75) is 25.5 Å². The SMILES string of the molecule is CC1OCCC1C(N)c1ccc(Cl)cc1Cl. The van der Waals surface area contributed by atoms with Crippen LogP contribution < -0.4 is 5.73 Å². The van der Waals surface area contributed by atoms with Crippen molar-refractivity contribution < 1.29 is 4.74 Å². The molecule has 1 saturated heterocycles. The van der Waals surface area contributed by atoms with Crippen molar-refractivity contribution in [2.75, 3.05) is 6.61 Å². The summed E-state index contributed by atoms with van der Waals surface area (Å²) in [5, 5.41) is 1.27. The van der Waals surface area contributed by atoms with E-state index in [1.807, 2.05) is 12.1 Å². The van der Waals surface area contributed by atoms with Crippen molar-refractivity contribution in [1.82, 2.24) is 0 Å². The number of benzene rings is 1. The highest BCUT2D eigenvalue weighted by atomic mass is 35.5. The Morgan fingerprint density at radius 2 is 2.19 bits per heavy atom. The average molecular weight is 260 g/mol. The summed E-state index contributed by atoms with van der Waals surface area (Å²) in [6.45, 7) is 2.84. The lowest BCUT2D eigenvalue weighted by Gasteiger charge is -2.23. The van der Waals surface area contributed by atoms with Crippen molar-refractivity contribution in [2.24, 2.45) is 11.7 Å². The zero-order chi connectivity index (χ0) is 11.7. The number of ether oxygens (including phenoxy) is 1. The van der Waals surface area contributed by atoms with Gasteiger partial charge in [0.25, 0.3) is 0 Å². The Labute approximate surface area is 106 Å². The molecule has 88 valence electrons. The molecule has 0 spiro atoms. The van der Waals surface area contributed by atoms with Gasteiger partial charge in [0.1, 0.15) is 0 Å². The van der Waals surface area contributed by atoms with Crippen LogP contribution in [-0.4, -0.2) is 12.7 Å². The van der Waals surface area contributed by atoms with E-state index in [0.29, 0.717) is 16.0 Å². The second-order valence-corrected chi connectivity index (χ2v) is 5.06. The molecule has 3 unspecified atom stereocenters. The molecule has 1 fully saturated rings. The van der Waals surface area contributed by atoms with Crippen LogP contribution >= 0.6 is 23.2 Å². The lowest BCUT2D eigenvalue weighted by Crippen LogP contribution is -2.26. The quantitative estimate of drug-likeness (QED) is 0.884. The second-order valence-electron chi connectivity index (χ2n) is 4.22. The van der Waals surface area contributed by atoms with E-state index in [4.69, 9.17) is 33.7 Å². The van der Waals surface area contributed by atoms with Gasteiger partial charge in [-0.15, -0.1) is 0 Å². The third kappa shape index (κ3) is 2.35. The molecule has 0 bridgehead atoms. The van der Waals surface area contributed by atoms with Crippen LogP contribution in [-0.2, 0) is 4.74 Å². The zero-order valence-corrected chi connectivity index (χ0v) is 10.6. The fourth-order valence-electron chi connectivity index (χ4n) is 2.22. The molecule has 16 heavy (non-hydrogen) atoms. The van der Waals surface area contributed by atoms with Gasteiger partial charge < -0.3 is 10.5 Å². The maximum Gasteiger partial charge on any atom is 0.0594 e. The second kappa shape index (κ2) is 4.92. The van der Waals surface area contributed by atoms with E-state index in [-0.39, 0.29) is 12.1 Å². The van der Waals surface area contributed by atoms with Crippen LogP contribution in [0, 0.1) is 5.92 Å². The Balaban J connectivity index is 2.23. The summed E-state index contributed by atoms with van der Waals surface area (Å²) in [4.78, 5) is 0. The molecule has 1 aromatic carbocycles. The van der Waals surface area contributed by atoms with Crippen LogP contribution in [0.4, 0.5) is 0 Å². The van der Waals surface area contributed by atoms with Gasteiger partial charge in [0.15, 0.2) is 0 Å². The highest BCUT2D eigenvalue weighted by molar-refractivity contribution is 6.35. The van der Waals surface area contributed by atoms with Crippen LogP contribution in [0.25, 0.3) is 0 Å². The van der Waals surface area contributed by atoms with E-state index in [0.717, 1.165) is 18.6 Å². The summed E-state index contributed by atoms with van der Waals surface area (Å²) >= 11 is 12.0. The zero-order valence-electron chi connectivity index (χ0n) is 9.12. The van der Waals surface area contributed by atoms with Crippen LogP contribution in [0.5, 0.6) is 0 Å². The third-order valence-corrected chi connectivity index (χ3v) is 3.78.